The van der Waals surface area contributed by atoms with Crippen LogP contribution in [0.4, 0.5) is 0 Å². The van der Waals surface area contributed by atoms with Gasteiger partial charge in [-0.15, -0.1) is 54.9 Å². The molecule has 0 aromatic heterocycles. The average molecular weight is 631 g/mol. The fourth-order valence-electron chi connectivity index (χ4n) is 0. The molecule has 0 fully saturated rings. The van der Waals surface area contributed by atoms with Crippen molar-refractivity contribution in [2.45, 2.75) is 180 Å². The van der Waals surface area contributed by atoms with Crippen LogP contribution in [0.25, 0.3) is 0 Å². The maximum absolute atomic E-state index is 9.53. The summed E-state index contributed by atoms with van der Waals surface area (Å²) in [6.07, 6.45) is -3.75. The summed E-state index contributed by atoms with van der Waals surface area (Å²) < 4.78 is 0. The Balaban J connectivity index is -0.0000000238. The normalized spacial score (nSPS) is 8.53. The maximum atomic E-state index is 9.53. The fraction of sp³-hybridized carbons (Fsp3) is 1.00. The van der Waals surface area contributed by atoms with E-state index in [9.17, 15) is 46.0 Å². The van der Waals surface area contributed by atoms with Gasteiger partial charge in [0.05, 0.1) is 0 Å². The molecule has 239 valence electrons. The third-order valence-electron chi connectivity index (χ3n) is 0. The quantitative estimate of drug-likeness (QED) is 0.266. The van der Waals surface area contributed by atoms with Crippen molar-refractivity contribution in [3.63, 3.8) is 0 Å². The van der Waals surface area contributed by atoms with Gasteiger partial charge in [-0.05, 0) is 0 Å². The molecule has 1 radical (unpaired) electrons. The van der Waals surface area contributed by atoms with Crippen LogP contribution >= 0.6 is 0 Å². The molecule has 38 heavy (non-hydrogen) atoms. The van der Waals surface area contributed by atoms with Crippen LogP contribution in [-0.2, 0) is 40.3 Å². The topological polar surface area (TPSA) is 208 Å². The summed E-state index contributed by atoms with van der Waals surface area (Å²) in [5.41, 5.74) is 0. The zero-order valence-electron chi connectivity index (χ0n) is 27.8. The first-order valence-corrected chi connectivity index (χ1v) is 12.5. The standard InChI is InChI=1S/9C3H7O.Ti.V/c9*1-3(2)4;;/h9*3H,1-2H3;;/q9*-1;+4;. The molecule has 0 aliphatic heterocycles. The molecule has 0 saturated heterocycles. The van der Waals surface area contributed by atoms with Gasteiger partial charge in [-0.25, -0.2) is 0 Å². The van der Waals surface area contributed by atoms with E-state index in [-0.39, 0.29) is 40.3 Å². The van der Waals surface area contributed by atoms with Gasteiger partial charge in [-0.1, -0.05) is 125 Å². The molecule has 9 nitrogen and oxygen atoms in total. The molecule has 0 N–H and O–H groups in total. The molecule has 0 heterocycles. The third-order valence-corrected chi connectivity index (χ3v) is 0. The van der Waals surface area contributed by atoms with Crippen LogP contribution in [-0.4, -0.2) is 54.9 Å². The van der Waals surface area contributed by atoms with Gasteiger partial charge in [0.25, 0.3) is 0 Å². The van der Waals surface area contributed by atoms with E-state index in [4.69, 9.17) is 0 Å². The SMILES string of the molecule is CC(C)[O-].CC(C)[O-].CC(C)[O-].CC(C)[O-].CC(C)[O-].CC(C)[O-].CC(C)[O-].CC(C)[O-].CC(C)[O-].[Ti+4].[V]. The van der Waals surface area contributed by atoms with E-state index < -0.39 is 54.9 Å². The van der Waals surface area contributed by atoms with E-state index in [1.165, 1.54) is 0 Å². The summed E-state index contributed by atoms with van der Waals surface area (Å²) in [5.74, 6) is 0. The largest absolute Gasteiger partial charge is 4.00 e. The molecule has 11 heteroatoms. The zero-order chi connectivity index (χ0) is 32.2. The van der Waals surface area contributed by atoms with E-state index >= 15 is 0 Å². The fourth-order valence-corrected chi connectivity index (χ4v) is 0. The summed E-state index contributed by atoms with van der Waals surface area (Å²) in [4.78, 5) is 0. The van der Waals surface area contributed by atoms with E-state index in [2.05, 4.69) is 0 Å². The second-order valence-corrected chi connectivity index (χ2v) is 9.44. The Labute approximate surface area is 264 Å². The monoisotopic (exact) mass is 630 g/mol. The van der Waals surface area contributed by atoms with Gasteiger partial charge in [0.2, 0.25) is 0 Å². The van der Waals surface area contributed by atoms with Crippen LogP contribution in [0, 0.1) is 0 Å². The van der Waals surface area contributed by atoms with Gasteiger partial charge in [0, 0.05) is 18.6 Å². The van der Waals surface area contributed by atoms with Crippen molar-refractivity contribution in [2.24, 2.45) is 0 Å². The molecule has 0 aromatic carbocycles. The smallest absolute Gasteiger partial charge is 0.852 e. The molecular formula is C27H63O9TiV-5. The van der Waals surface area contributed by atoms with Crippen molar-refractivity contribution < 1.29 is 86.2 Å². The van der Waals surface area contributed by atoms with E-state index in [1.54, 1.807) is 125 Å². The summed E-state index contributed by atoms with van der Waals surface area (Å²) in [7, 11) is 0. The van der Waals surface area contributed by atoms with E-state index in [0.717, 1.165) is 0 Å². The van der Waals surface area contributed by atoms with Gasteiger partial charge < -0.3 is 46.0 Å². The Bertz CT molecular complexity index is 171. The Morgan fingerprint density at radius 3 is 0.211 bits per heavy atom. The van der Waals surface area contributed by atoms with Crippen LogP contribution in [0.1, 0.15) is 125 Å². The predicted molar refractivity (Wildman–Crippen MR) is 136 cm³/mol. The molecule has 0 amide bonds. The van der Waals surface area contributed by atoms with E-state index in [0.29, 0.717) is 0 Å². The van der Waals surface area contributed by atoms with Crippen LogP contribution in [0.2, 0.25) is 0 Å². The van der Waals surface area contributed by atoms with Crippen LogP contribution < -0.4 is 46.0 Å². The molecular weight excluding hydrogens is 567 g/mol. The average Bonchev–Trinajstić information content (AvgIpc) is 2.39. The van der Waals surface area contributed by atoms with Crippen LogP contribution in [0.5, 0.6) is 0 Å². The molecule has 0 aliphatic rings. The first-order valence-electron chi connectivity index (χ1n) is 12.5. The van der Waals surface area contributed by atoms with Crippen LogP contribution in [0.15, 0.2) is 0 Å². The Hall–Kier alpha value is 0.939. The maximum Gasteiger partial charge on any atom is 4.00 e. The van der Waals surface area contributed by atoms with Crippen molar-refractivity contribution in [3.8, 4) is 0 Å². The van der Waals surface area contributed by atoms with E-state index in [1.807, 2.05) is 0 Å². The third kappa shape index (κ3) is 54100. The van der Waals surface area contributed by atoms with Gasteiger partial charge >= 0.3 is 21.7 Å². The van der Waals surface area contributed by atoms with Gasteiger partial charge in [-0.3, -0.25) is 0 Å². The van der Waals surface area contributed by atoms with Gasteiger partial charge in [-0.2, -0.15) is 0 Å². The second-order valence-electron chi connectivity index (χ2n) is 9.44. The molecule has 0 unspecified atom stereocenters. The minimum absolute atomic E-state index is 0. The van der Waals surface area contributed by atoms with Crippen molar-refractivity contribution in [3.05, 3.63) is 0 Å². The summed E-state index contributed by atoms with van der Waals surface area (Å²) >= 11 is 0. The molecule has 0 rings (SSSR count). The summed E-state index contributed by atoms with van der Waals surface area (Å²) in [6, 6.07) is 0. The number of rotatable bonds is 0. The molecule has 0 saturated carbocycles. The van der Waals surface area contributed by atoms with Crippen molar-refractivity contribution in [2.75, 3.05) is 0 Å². The molecule has 0 aliphatic carbocycles. The predicted octanol–water partition coefficient (Wildman–Crippen LogP) is -2.21. The number of hydrogen-bond acceptors (Lipinski definition) is 9. The minimum atomic E-state index is -0.417. The summed E-state index contributed by atoms with van der Waals surface area (Å²) in [6.45, 7) is 29.0. The van der Waals surface area contributed by atoms with Gasteiger partial charge in [0.15, 0.2) is 0 Å². The second kappa shape index (κ2) is 66.3. The molecule has 0 spiro atoms. The van der Waals surface area contributed by atoms with Crippen molar-refractivity contribution in [1.82, 2.24) is 0 Å². The first-order chi connectivity index (χ1) is 15.6. The first kappa shape index (κ1) is 71.8. The minimum Gasteiger partial charge on any atom is -0.852 e. The Kier molecular flexibility index (Phi) is 125. The molecule has 0 bridgehead atoms. The summed E-state index contributed by atoms with van der Waals surface area (Å²) in [5, 5.41) is 85.8. The van der Waals surface area contributed by atoms with Crippen LogP contribution in [0.3, 0.4) is 0 Å². The van der Waals surface area contributed by atoms with Crippen molar-refractivity contribution >= 4 is 0 Å². The van der Waals surface area contributed by atoms with Crippen molar-refractivity contribution in [1.29, 1.82) is 0 Å². The van der Waals surface area contributed by atoms with Gasteiger partial charge in [0.1, 0.15) is 0 Å². The molecule has 0 atom stereocenters. The Morgan fingerprint density at radius 1 is 0.211 bits per heavy atom. The molecule has 0 aromatic rings. The zero-order valence-corrected chi connectivity index (χ0v) is 30.8. The Morgan fingerprint density at radius 2 is 0.211 bits per heavy atom. The number of hydrogen-bond donors (Lipinski definition) is 0.